The summed E-state index contributed by atoms with van der Waals surface area (Å²) in [6.45, 7) is 4.77. The molecule has 6 rings (SSSR count). The number of aromatic amines is 1. The number of carbonyl (C=O) groups is 3. The predicted octanol–water partition coefficient (Wildman–Crippen LogP) is 5.18. The smallest absolute Gasteiger partial charge is 0.409 e. The van der Waals surface area contributed by atoms with E-state index in [1.54, 1.807) is 16.7 Å². The molecule has 1 N–H and O–H groups in total. The van der Waals surface area contributed by atoms with Crippen LogP contribution in [0.5, 0.6) is 5.75 Å². The lowest BCUT2D eigenvalue weighted by Crippen LogP contribution is -2.48. The van der Waals surface area contributed by atoms with Crippen LogP contribution in [0.4, 0.5) is 10.5 Å². The number of fused-ring (bicyclic) bond motifs is 4. The molecule has 1 atom stereocenters. The summed E-state index contributed by atoms with van der Waals surface area (Å²) in [6.07, 6.45) is -0.0377. The Morgan fingerprint density at radius 3 is 2.48 bits per heavy atom. The van der Waals surface area contributed by atoms with Crippen molar-refractivity contribution < 1.29 is 19.1 Å². The van der Waals surface area contributed by atoms with Crippen LogP contribution in [-0.2, 0) is 11.2 Å². The molecule has 3 aromatic carbocycles. The number of benzene rings is 3. The number of amides is 2. The zero-order valence-corrected chi connectivity index (χ0v) is 23.3. The van der Waals surface area contributed by atoms with Gasteiger partial charge in [-0.15, -0.1) is 11.6 Å². The Bertz CT molecular complexity index is 1640. The largest absolute Gasteiger partial charge is 0.415 e. The number of likely N-dealkylation sites (N-methyl/N-ethyl adjacent to an activating group) is 1. The van der Waals surface area contributed by atoms with Crippen LogP contribution >= 0.6 is 11.6 Å². The molecule has 2 amide bonds. The van der Waals surface area contributed by atoms with E-state index in [1.807, 2.05) is 61.6 Å². The molecule has 0 bridgehead atoms. The predicted molar refractivity (Wildman–Crippen MR) is 157 cm³/mol. The summed E-state index contributed by atoms with van der Waals surface area (Å²) in [5.41, 5.74) is 3.86. The summed E-state index contributed by atoms with van der Waals surface area (Å²) < 4.78 is 5.99. The Morgan fingerprint density at radius 2 is 1.75 bits per heavy atom. The summed E-state index contributed by atoms with van der Waals surface area (Å²) in [4.78, 5) is 47.5. The fourth-order valence-electron chi connectivity index (χ4n) is 5.80. The second-order valence-corrected chi connectivity index (χ2v) is 11.1. The first kappa shape index (κ1) is 26.3. The molecule has 40 heavy (non-hydrogen) atoms. The molecule has 2 aliphatic rings. The highest BCUT2D eigenvalue weighted by molar-refractivity contribution is 6.19. The van der Waals surface area contributed by atoms with Gasteiger partial charge in [-0.1, -0.05) is 30.3 Å². The van der Waals surface area contributed by atoms with Crippen molar-refractivity contribution in [2.75, 3.05) is 50.6 Å². The molecule has 4 aromatic rings. The zero-order chi connectivity index (χ0) is 28.0. The second-order valence-electron chi connectivity index (χ2n) is 10.8. The molecule has 1 saturated heterocycles. The molecular formula is C31H31ClN4O4. The zero-order valence-electron chi connectivity index (χ0n) is 22.6. The average molecular weight is 559 g/mol. The van der Waals surface area contributed by atoms with Gasteiger partial charge in [0.25, 0.3) is 5.91 Å². The van der Waals surface area contributed by atoms with E-state index in [0.29, 0.717) is 49.1 Å². The lowest BCUT2D eigenvalue weighted by molar-refractivity contribution is -0.116. The van der Waals surface area contributed by atoms with Gasteiger partial charge in [-0.05, 0) is 48.7 Å². The van der Waals surface area contributed by atoms with E-state index in [4.69, 9.17) is 16.3 Å². The van der Waals surface area contributed by atoms with Crippen LogP contribution < -0.4 is 9.64 Å². The number of alkyl halides is 1. The molecule has 9 heteroatoms. The molecule has 1 aromatic heterocycles. The van der Waals surface area contributed by atoms with Crippen LogP contribution in [0.1, 0.15) is 34.5 Å². The van der Waals surface area contributed by atoms with Gasteiger partial charge in [0.15, 0.2) is 0 Å². The number of hydrogen-bond acceptors (Lipinski definition) is 5. The number of nitrogens with one attached hydrogen (secondary N) is 1. The highest BCUT2D eigenvalue weighted by atomic mass is 35.5. The molecule has 8 nitrogen and oxygen atoms in total. The first-order valence-corrected chi connectivity index (χ1v) is 14.1. The van der Waals surface area contributed by atoms with Crippen molar-refractivity contribution in [1.82, 2.24) is 14.8 Å². The number of nitrogens with zero attached hydrogens (tertiary/aromatic N) is 3. The normalized spacial score (nSPS) is 17.4. The summed E-state index contributed by atoms with van der Waals surface area (Å²) in [5.74, 6) is 0.604. The summed E-state index contributed by atoms with van der Waals surface area (Å²) >= 11 is 6.44. The van der Waals surface area contributed by atoms with E-state index in [1.165, 1.54) is 0 Å². The first-order valence-electron chi connectivity index (χ1n) is 13.5. The highest BCUT2D eigenvalue weighted by Crippen LogP contribution is 2.46. The molecule has 1 fully saturated rings. The summed E-state index contributed by atoms with van der Waals surface area (Å²) in [5, 5.41) is 2.61. The van der Waals surface area contributed by atoms with Crippen LogP contribution in [0, 0.1) is 0 Å². The average Bonchev–Trinajstić information content (AvgIpc) is 3.54. The molecule has 3 heterocycles. The second kappa shape index (κ2) is 10.6. The number of rotatable bonds is 5. The van der Waals surface area contributed by atoms with Gasteiger partial charge in [-0.3, -0.25) is 9.59 Å². The number of ether oxygens (including phenoxy) is 1. The van der Waals surface area contributed by atoms with Gasteiger partial charge in [-0.25, -0.2) is 4.79 Å². The van der Waals surface area contributed by atoms with E-state index in [2.05, 4.69) is 9.88 Å². The Kier molecular flexibility index (Phi) is 6.98. The molecule has 2 aliphatic heterocycles. The highest BCUT2D eigenvalue weighted by Gasteiger charge is 2.36. The molecular weight excluding hydrogens is 528 g/mol. The molecule has 0 unspecified atom stereocenters. The number of halogens is 1. The molecule has 0 saturated carbocycles. The van der Waals surface area contributed by atoms with Crippen molar-refractivity contribution in [1.29, 1.82) is 0 Å². The fourth-order valence-corrected chi connectivity index (χ4v) is 6.06. The van der Waals surface area contributed by atoms with Crippen molar-refractivity contribution in [3.8, 4) is 5.75 Å². The summed E-state index contributed by atoms with van der Waals surface area (Å²) in [7, 11) is 2.04. The number of H-pyrrole nitrogens is 1. The summed E-state index contributed by atoms with van der Waals surface area (Å²) in [6, 6.07) is 17.2. The number of ketones is 1. The molecule has 0 spiro atoms. The van der Waals surface area contributed by atoms with Crippen molar-refractivity contribution in [3.63, 3.8) is 0 Å². The van der Waals surface area contributed by atoms with E-state index in [9.17, 15) is 14.4 Å². The number of Topliss-reactive ketones (excluding diaryl/α,β-unsaturated/α-hetero) is 1. The number of piperazine rings is 1. The SMILES string of the molecule is CC(=O)Cc1ccc2[nH]c(C(=O)N3C[C@@H](CCl)c4c3cc(OC(=O)N3CCN(C)CC3)c3ccccc43)cc2c1. The van der Waals surface area contributed by atoms with Gasteiger partial charge in [0.1, 0.15) is 17.2 Å². The maximum atomic E-state index is 13.9. The van der Waals surface area contributed by atoms with Crippen LogP contribution in [0.3, 0.4) is 0 Å². The number of anilines is 1. The quantitative estimate of drug-likeness (QED) is 0.341. The monoisotopic (exact) mass is 558 g/mol. The molecule has 206 valence electrons. The topological polar surface area (TPSA) is 85.9 Å². The lowest BCUT2D eigenvalue weighted by atomic mass is 9.95. The lowest BCUT2D eigenvalue weighted by Gasteiger charge is -2.31. The van der Waals surface area contributed by atoms with Crippen molar-refractivity contribution in [2.45, 2.75) is 19.3 Å². The van der Waals surface area contributed by atoms with Gasteiger partial charge in [0.05, 0.1) is 5.69 Å². The first-order chi connectivity index (χ1) is 19.3. The Morgan fingerprint density at radius 1 is 1.00 bits per heavy atom. The Balaban J connectivity index is 1.37. The van der Waals surface area contributed by atoms with Crippen molar-refractivity contribution in [2.24, 2.45) is 0 Å². The number of hydrogen-bond donors (Lipinski definition) is 1. The van der Waals surface area contributed by atoms with E-state index in [0.717, 1.165) is 45.9 Å². The van der Waals surface area contributed by atoms with E-state index >= 15 is 0 Å². The van der Waals surface area contributed by atoms with Crippen molar-refractivity contribution in [3.05, 3.63) is 71.4 Å². The number of aromatic nitrogens is 1. The minimum absolute atomic E-state index is 0.0700. The van der Waals surface area contributed by atoms with E-state index in [-0.39, 0.29) is 23.7 Å². The van der Waals surface area contributed by atoms with Crippen LogP contribution in [0.15, 0.2) is 54.6 Å². The maximum absolute atomic E-state index is 13.9. The van der Waals surface area contributed by atoms with Gasteiger partial charge in [0, 0.05) is 73.3 Å². The fraction of sp³-hybridized carbons (Fsp3) is 0.323. The third-order valence-corrected chi connectivity index (χ3v) is 8.26. The third-order valence-electron chi connectivity index (χ3n) is 7.89. The van der Waals surface area contributed by atoms with Crippen LogP contribution in [0.25, 0.3) is 21.7 Å². The number of carbonyl (C=O) groups excluding carboxylic acids is 3. The van der Waals surface area contributed by atoms with Gasteiger partial charge >= 0.3 is 6.09 Å². The van der Waals surface area contributed by atoms with Gasteiger partial charge < -0.3 is 24.4 Å². The minimum Gasteiger partial charge on any atom is -0.409 e. The van der Waals surface area contributed by atoms with Crippen LogP contribution in [0.2, 0.25) is 0 Å². The molecule has 0 radical (unpaired) electrons. The van der Waals surface area contributed by atoms with Crippen molar-refractivity contribution >= 4 is 56.7 Å². The van der Waals surface area contributed by atoms with E-state index < -0.39 is 0 Å². The Hall–Kier alpha value is -3.88. The maximum Gasteiger partial charge on any atom is 0.415 e. The van der Waals surface area contributed by atoms with Gasteiger partial charge in [-0.2, -0.15) is 0 Å². The third kappa shape index (κ3) is 4.82. The standard InChI is InChI=1S/C31H31ClN4O4/c1-19(37)13-20-7-8-25-21(14-20)15-26(33-25)30(38)36-18-22(17-32)29-24-6-4-3-5-23(24)28(16-27(29)36)40-31(39)35-11-9-34(2)10-12-35/h3-8,14-16,22,33H,9-13,17-18H2,1-2H3/t22-/m1/s1. The van der Waals surface area contributed by atoms with Crippen LogP contribution in [-0.4, -0.2) is 78.2 Å². The molecule has 0 aliphatic carbocycles. The van der Waals surface area contributed by atoms with Gasteiger partial charge in [0.2, 0.25) is 0 Å². The minimum atomic E-state index is -0.389. The Labute approximate surface area is 237 Å².